The van der Waals surface area contributed by atoms with Crippen molar-refractivity contribution in [2.24, 2.45) is 0 Å². The predicted molar refractivity (Wildman–Crippen MR) is 84.1 cm³/mol. The summed E-state index contributed by atoms with van der Waals surface area (Å²) in [6.07, 6.45) is 1.98. The van der Waals surface area contributed by atoms with Crippen LogP contribution in [0.2, 0.25) is 0 Å². The summed E-state index contributed by atoms with van der Waals surface area (Å²) in [7, 11) is 1.14. The summed E-state index contributed by atoms with van der Waals surface area (Å²) < 4.78 is 1.32. The van der Waals surface area contributed by atoms with Crippen molar-refractivity contribution < 1.29 is 9.72 Å². The van der Waals surface area contributed by atoms with Gasteiger partial charge in [0.15, 0.2) is 11.3 Å². The van der Waals surface area contributed by atoms with E-state index in [0.717, 1.165) is 13.3 Å². The number of aromatic nitrogens is 1. The Morgan fingerprint density at radius 1 is 1.58 bits per heavy atom. The number of benzene rings is 1. The Morgan fingerprint density at radius 2 is 2.21 bits per heavy atom. The fourth-order valence-electron chi connectivity index (χ4n) is 1.15. The van der Waals surface area contributed by atoms with Gasteiger partial charge in [0.05, 0.1) is 15.1 Å². The number of thiazole rings is 1. The number of rotatable bonds is 3. The SMILES string of the molecule is CCPC.O=Cc1nc2cc([N+](=O)[O-])cc(Br)c2s1. The number of halogens is 1. The van der Waals surface area contributed by atoms with E-state index in [1.807, 2.05) is 0 Å². The van der Waals surface area contributed by atoms with Crippen LogP contribution < -0.4 is 0 Å². The fraction of sp³-hybridized carbons (Fsp3) is 0.273. The average molecular weight is 363 g/mol. The average Bonchev–Trinajstić information content (AvgIpc) is 2.82. The number of aldehydes is 1. The first kappa shape index (κ1) is 16.1. The molecule has 0 fully saturated rings. The predicted octanol–water partition coefficient (Wildman–Crippen LogP) is 4.09. The molecule has 1 unspecified atom stereocenters. The Morgan fingerprint density at radius 3 is 2.68 bits per heavy atom. The van der Waals surface area contributed by atoms with E-state index in [1.54, 1.807) is 0 Å². The van der Waals surface area contributed by atoms with Crippen LogP contribution in [0, 0.1) is 10.1 Å². The Balaban J connectivity index is 0.000000399. The molecule has 0 aliphatic heterocycles. The quantitative estimate of drug-likeness (QED) is 0.356. The second-order valence-corrected chi connectivity index (χ2v) is 6.71. The maximum absolute atomic E-state index is 10.6. The van der Waals surface area contributed by atoms with Crippen molar-refractivity contribution >= 4 is 58.0 Å². The first-order valence-corrected chi connectivity index (χ1v) is 8.69. The summed E-state index contributed by atoms with van der Waals surface area (Å²) >= 11 is 4.40. The third-order valence-electron chi connectivity index (χ3n) is 2.11. The van der Waals surface area contributed by atoms with E-state index in [0.29, 0.717) is 21.3 Å². The smallest absolute Gasteiger partial charge is 0.272 e. The third kappa shape index (κ3) is 4.30. The Hall–Kier alpha value is -0.910. The van der Waals surface area contributed by atoms with Gasteiger partial charge in [-0.15, -0.1) is 19.9 Å². The molecule has 0 amide bonds. The normalized spacial score (nSPS) is 10.5. The summed E-state index contributed by atoms with van der Waals surface area (Å²) in [6.45, 7) is 4.40. The van der Waals surface area contributed by atoms with Crippen LogP contribution in [0.15, 0.2) is 16.6 Å². The van der Waals surface area contributed by atoms with Gasteiger partial charge in [-0.1, -0.05) is 6.92 Å². The summed E-state index contributed by atoms with van der Waals surface area (Å²) in [5, 5.41) is 10.9. The second kappa shape index (κ2) is 7.62. The highest BCUT2D eigenvalue weighted by molar-refractivity contribution is 9.10. The molecule has 1 aromatic heterocycles. The van der Waals surface area contributed by atoms with Crippen molar-refractivity contribution in [1.82, 2.24) is 4.98 Å². The first-order valence-electron chi connectivity index (χ1n) is 5.37. The summed E-state index contributed by atoms with van der Waals surface area (Å²) in [5.41, 5.74) is 0.417. The molecule has 0 aliphatic carbocycles. The van der Waals surface area contributed by atoms with Gasteiger partial charge in [0.25, 0.3) is 5.69 Å². The zero-order valence-corrected chi connectivity index (χ0v) is 13.7. The van der Waals surface area contributed by atoms with Gasteiger partial charge in [0.1, 0.15) is 0 Å². The molecule has 0 N–H and O–H groups in total. The molecule has 0 spiro atoms. The molecular weight excluding hydrogens is 351 g/mol. The monoisotopic (exact) mass is 362 g/mol. The Labute approximate surface area is 124 Å². The minimum absolute atomic E-state index is 0.0443. The second-order valence-electron chi connectivity index (χ2n) is 3.41. The van der Waals surface area contributed by atoms with Crippen LogP contribution in [0.3, 0.4) is 0 Å². The highest BCUT2D eigenvalue weighted by Gasteiger charge is 2.13. The number of nitro groups is 1. The third-order valence-corrected chi connectivity index (χ3v) is 4.74. The summed E-state index contributed by atoms with van der Waals surface area (Å²) in [4.78, 5) is 24.5. The number of nitrogens with zero attached hydrogens (tertiary/aromatic N) is 2. The van der Waals surface area contributed by atoms with Crippen LogP contribution in [0.1, 0.15) is 16.7 Å². The van der Waals surface area contributed by atoms with Crippen molar-refractivity contribution in [2.75, 3.05) is 12.8 Å². The van der Waals surface area contributed by atoms with Crippen LogP contribution in [0.4, 0.5) is 5.69 Å². The highest BCUT2D eigenvalue weighted by atomic mass is 79.9. The number of non-ortho nitro benzene ring substituents is 1. The topological polar surface area (TPSA) is 73.1 Å². The van der Waals surface area contributed by atoms with Gasteiger partial charge < -0.3 is 0 Å². The Kier molecular flexibility index (Phi) is 6.48. The van der Waals surface area contributed by atoms with Gasteiger partial charge in [-0.3, -0.25) is 14.9 Å². The van der Waals surface area contributed by atoms with Crippen molar-refractivity contribution in [1.29, 1.82) is 0 Å². The fourth-order valence-corrected chi connectivity index (χ4v) is 2.60. The molecule has 19 heavy (non-hydrogen) atoms. The molecule has 2 aromatic rings. The minimum Gasteiger partial charge on any atom is -0.295 e. The van der Waals surface area contributed by atoms with E-state index in [2.05, 4.69) is 34.5 Å². The zero-order chi connectivity index (χ0) is 14.4. The van der Waals surface area contributed by atoms with E-state index in [9.17, 15) is 14.9 Å². The highest BCUT2D eigenvalue weighted by Crippen LogP contribution is 2.32. The molecule has 5 nitrogen and oxygen atoms in total. The number of fused-ring (bicyclic) bond motifs is 1. The number of hydrogen-bond acceptors (Lipinski definition) is 5. The molecule has 0 saturated carbocycles. The lowest BCUT2D eigenvalue weighted by molar-refractivity contribution is -0.384. The number of carbonyl (C=O) groups is 1. The van der Waals surface area contributed by atoms with Crippen molar-refractivity contribution in [3.63, 3.8) is 0 Å². The molecule has 0 radical (unpaired) electrons. The molecule has 1 heterocycles. The van der Waals surface area contributed by atoms with Crippen LogP contribution in [0.25, 0.3) is 10.2 Å². The van der Waals surface area contributed by atoms with Gasteiger partial charge in [0.2, 0.25) is 0 Å². The number of hydrogen-bond donors (Lipinski definition) is 0. The van der Waals surface area contributed by atoms with Crippen molar-refractivity contribution in [3.05, 3.63) is 31.7 Å². The van der Waals surface area contributed by atoms with Gasteiger partial charge in [0, 0.05) is 16.6 Å². The van der Waals surface area contributed by atoms with Crippen molar-refractivity contribution in [2.45, 2.75) is 6.92 Å². The van der Waals surface area contributed by atoms with E-state index >= 15 is 0 Å². The van der Waals surface area contributed by atoms with Crippen LogP contribution in [-0.2, 0) is 0 Å². The summed E-state index contributed by atoms with van der Waals surface area (Å²) in [6, 6.07) is 2.75. The van der Waals surface area contributed by atoms with E-state index in [1.165, 1.54) is 29.6 Å². The van der Waals surface area contributed by atoms with Gasteiger partial charge in [-0.05, 0) is 28.8 Å². The first-order chi connectivity index (χ1) is 9.03. The molecular formula is C11H12BrN2O3PS. The lowest BCUT2D eigenvalue weighted by Gasteiger charge is -1.93. The minimum atomic E-state index is -0.496. The van der Waals surface area contributed by atoms with E-state index in [-0.39, 0.29) is 5.69 Å². The maximum Gasteiger partial charge on any atom is 0.272 e. The van der Waals surface area contributed by atoms with Gasteiger partial charge in [-0.2, -0.15) is 0 Å². The lowest BCUT2D eigenvalue weighted by atomic mass is 10.3. The number of carbonyl (C=O) groups excluding carboxylic acids is 1. The van der Waals surface area contributed by atoms with Crippen LogP contribution in [-0.4, -0.2) is 29.0 Å². The van der Waals surface area contributed by atoms with Crippen LogP contribution in [0.5, 0.6) is 0 Å². The molecule has 1 atom stereocenters. The summed E-state index contributed by atoms with van der Waals surface area (Å²) in [5.74, 6) is 0. The molecule has 1 aromatic carbocycles. The molecule has 0 bridgehead atoms. The molecule has 8 heteroatoms. The number of nitro benzene ring substituents is 1. The zero-order valence-electron chi connectivity index (χ0n) is 10.3. The Bertz CT molecular complexity index is 601. The van der Waals surface area contributed by atoms with Gasteiger partial charge >= 0.3 is 0 Å². The molecule has 0 saturated heterocycles. The van der Waals surface area contributed by atoms with E-state index in [4.69, 9.17) is 0 Å². The van der Waals surface area contributed by atoms with Crippen LogP contribution >= 0.6 is 35.8 Å². The molecule has 2 rings (SSSR count). The lowest BCUT2D eigenvalue weighted by Crippen LogP contribution is -1.87. The van der Waals surface area contributed by atoms with Gasteiger partial charge in [-0.25, -0.2) is 4.98 Å². The maximum atomic E-state index is 10.6. The van der Waals surface area contributed by atoms with Crippen molar-refractivity contribution in [3.8, 4) is 0 Å². The molecule has 102 valence electrons. The standard InChI is InChI=1S/C8H3BrN2O3S.C3H9P/c9-5-1-4(11(13)14)2-6-8(5)15-7(3-12)10-6;1-3-4-2/h1-3H;4H,3H2,1-2H3. The largest absolute Gasteiger partial charge is 0.295 e. The molecule has 0 aliphatic rings. The van der Waals surface area contributed by atoms with E-state index < -0.39 is 4.92 Å².